The third-order valence-corrected chi connectivity index (χ3v) is 0. The van der Waals surface area contributed by atoms with Crippen molar-refractivity contribution in [3.05, 3.63) is 0 Å². The van der Waals surface area contributed by atoms with Crippen molar-refractivity contribution in [2.24, 2.45) is 5.92 Å². The van der Waals surface area contributed by atoms with E-state index >= 15 is 0 Å². The van der Waals surface area contributed by atoms with E-state index in [4.69, 9.17) is 14.4 Å². The smallest absolute Gasteiger partial charge is 0.116 e. The molecule has 0 amide bonds. The van der Waals surface area contributed by atoms with E-state index in [1.807, 2.05) is 0 Å². The van der Waals surface area contributed by atoms with Crippen LogP contribution in [0.4, 0.5) is 0 Å². The van der Waals surface area contributed by atoms with Crippen LogP contribution in [0.3, 0.4) is 0 Å². The summed E-state index contributed by atoms with van der Waals surface area (Å²) in [5.41, 5.74) is 0. The van der Waals surface area contributed by atoms with Gasteiger partial charge in [-0.3, -0.25) is 0 Å². The van der Waals surface area contributed by atoms with Gasteiger partial charge < -0.3 is 14.4 Å². The molecule has 0 bridgehead atoms. The van der Waals surface area contributed by atoms with Crippen molar-refractivity contribution in [3.63, 3.8) is 0 Å². The molecule has 0 spiro atoms. The number of carbonyl (C=O) groups is 3. The van der Waals surface area contributed by atoms with Gasteiger partial charge in [-0.15, -0.1) is 0 Å². The molecular weight excluding hydrogens is 408 g/mol. The Morgan fingerprint density at radius 2 is 0.526 bits per heavy atom. The first-order chi connectivity index (χ1) is 5.97. The molecule has 0 aliphatic rings. The molecule has 0 unspecified atom stereocenters. The molecule has 0 fully saturated rings. The molecule has 19 heavy (non-hydrogen) atoms. The summed E-state index contributed by atoms with van der Waals surface area (Å²) in [6.45, 7) is 10.8. The average Bonchev–Trinajstić information content (AvgIpc) is 1.88. The van der Waals surface area contributed by atoms with Crippen molar-refractivity contribution in [1.29, 1.82) is 0 Å². The Bertz CT molecular complexity index is 88.2. The molecule has 0 aromatic rings. The van der Waals surface area contributed by atoms with Crippen molar-refractivity contribution in [1.82, 2.24) is 0 Å². The van der Waals surface area contributed by atoms with Gasteiger partial charge in [-0.25, -0.2) is 0 Å². The van der Waals surface area contributed by atoms with E-state index in [1.165, 1.54) is 20.8 Å². The van der Waals surface area contributed by atoms with Crippen LogP contribution in [0.25, 0.3) is 0 Å². The van der Waals surface area contributed by atoms with Gasteiger partial charge >= 0.3 is 0 Å². The third-order valence-electron chi connectivity index (χ3n) is 0. The standard InChI is InChI=1S/C4H10.3C2H4O.6Ar/c1-4(2)3;3*1-2-3;;;;;;/h4H,1-3H3;3*2H,1H3;;;;;;. The zero-order valence-corrected chi connectivity index (χ0v) is 15.9. The average molecular weight is 430 g/mol. The number of aldehydes is 3. The van der Waals surface area contributed by atoms with Gasteiger partial charge in [0.15, 0.2) is 0 Å². The molecule has 0 saturated heterocycles. The van der Waals surface area contributed by atoms with Crippen molar-refractivity contribution >= 4 is 18.9 Å². The van der Waals surface area contributed by atoms with Gasteiger partial charge in [0.25, 0.3) is 0 Å². The van der Waals surface area contributed by atoms with Gasteiger partial charge in [0.05, 0.1) is 0 Å². The zero-order chi connectivity index (χ0) is 11.7. The SMILES string of the molecule is CC(C)C.CC=O.CC=O.CC=O.[Ar].[Ar].[Ar].[Ar].[Ar].[Ar]. The van der Waals surface area contributed by atoms with Crippen LogP contribution < -0.4 is 0 Å². The maximum Gasteiger partial charge on any atom is 0.116 e. The Hall–Kier alpha value is 6.57. The molecule has 0 radical (unpaired) electrons. The molecule has 0 rings (SSSR count). The predicted molar refractivity (Wildman–Crippen MR) is 55.7 cm³/mol. The van der Waals surface area contributed by atoms with E-state index in [0.717, 1.165) is 24.8 Å². The van der Waals surface area contributed by atoms with Crippen LogP contribution in [0.5, 0.6) is 0 Å². The fraction of sp³-hybridized carbons (Fsp3) is 0.700. The first-order valence-electron chi connectivity index (χ1n) is 4.17. The summed E-state index contributed by atoms with van der Waals surface area (Å²) < 4.78 is 0. The van der Waals surface area contributed by atoms with Crippen LogP contribution in [-0.4, -0.2) is 18.9 Å². The normalized spacial score (nSPS) is 3.95. The van der Waals surface area contributed by atoms with Crippen LogP contribution in [0.2, 0.25) is 0 Å². The summed E-state index contributed by atoms with van der Waals surface area (Å²) in [6.07, 6.45) is 2.25. The van der Waals surface area contributed by atoms with E-state index in [0.29, 0.717) is 0 Å². The van der Waals surface area contributed by atoms with Gasteiger partial charge in [-0.2, -0.15) is 0 Å². The minimum absolute atomic E-state index is 0. The molecule has 3 nitrogen and oxygen atoms in total. The zero-order valence-electron chi connectivity index (χ0n) is 11.7. The molecule has 9 heteroatoms. The molecule has 128 valence electrons. The molecule has 0 aromatic heterocycles. The molecule has 0 saturated carbocycles. The number of hydrogen-bond acceptors (Lipinski definition) is 3. The maximum absolute atomic E-state index is 8.81. The van der Waals surface area contributed by atoms with E-state index in [9.17, 15) is 0 Å². The number of hydrogen-bond donors (Lipinski definition) is 0. The summed E-state index contributed by atoms with van der Waals surface area (Å²) in [7, 11) is 0. The fourth-order valence-electron chi connectivity index (χ4n) is 0. The van der Waals surface area contributed by atoms with E-state index in [-0.39, 0.29) is 226 Å². The Morgan fingerprint density at radius 3 is 0.526 bits per heavy atom. The second-order valence-corrected chi connectivity index (χ2v) is 2.44. The second-order valence-electron chi connectivity index (χ2n) is 2.44. The van der Waals surface area contributed by atoms with E-state index in [1.54, 1.807) is 0 Å². The summed E-state index contributed by atoms with van der Waals surface area (Å²) in [6, 6.07) is 0. The van der Waals surface area contributed by atoms with Crippen LogP contribution >= 0.6 is 0 Å². The monoisotopic (exact) mass is 430 g/mol. The van der Waals surface area contributed by atoms with Gasteiger partial charge in [0.1, 0.15) is 18.9 Å². The predicted octanol–water partition coefficient (Wildman–Crippen LogP) is 2.28. The van der Waals surface area contributed by atoms with E-state index < -0.39 is 0 Å². The van der Waals surface area contributed by atoms with Crippen molar-refractivity contribution in [2.75, 3.05) is 0 Å². The Kier molecular flexibility index (Phi) is 290. The number of rotatable bonds is 0. The minimum Gasteiger partial charge on any atom is -0.304 e. The van der Waals surface area contributed by atoms with Crippen LogP contribution in [0, 0.1) is 232 Å². The molecule has 0 atom stereocenters. The second kappa shape index (κ2) is 86.4. The molecule has 0 aromatic carbocycles. The molecule has 0 heterocycles. The van der Waals surface area contributed by atoms with Crippen molar-refractivity contribution < 1.29 is 241 Å². The first-order valence-corrected chi connectivity index (χ1v) is 4.17. The van der Waals surface area contributed by atoms with Crippen molar-refractivity contribution in [3.8, 4) is 0 Å². The largest absolute Gasteiger partial charge is 0.304 e. The molecular formula is C10H22Ar6O3. The maximum atomic E-state index is 8.81. The minimum atomic E-state index is 0. The van der Waals surface area contributed by atoms with Crippen LogP contribution in [0.15, 0.2) is 0 Å². The number of carbonyl (C=O) groups excluding carboxylic acids is 3. The van der Waals surface area contributed by atoms with Gasteiger partial charge in [0.2, 0.25) is 0 Å². The molecule has 0 aliphatic carbocycles. The Balaban J connectivity index is -0.00000000647. The summed E-state index contributed by atoms with van der Waals surface area (Å²) in [5.74, 6) is 0.833. The van der Waals surface area contributed by atoms with Crippen LogP contribution in [0.1, 0.15) is 41.5 Å². The molecule has 0 aliphatic heterocycles. The Morgan fingerprint density at radius 1 is 0.526 bits per heavy atom. The van der Waals surface area contributed by atoms with Gasteiger partial charge in [-0.1, -0.05) is 20.8 Å². The topological polar surface area (TPSA) is 51.2 Å². The van der Waals surface area contributed by atoms with Crippen LogP contribution in [-0.2, 0) is 14.4 Å². The quantitative estimate of drug-likeness (QED) is 0.555. The Labute approximate surface area is 298 Å². The first kappa shape index (κ1) is 63.7. The van der Waals surface area contributed by atoms with Crippen molar-refractivity contribution in [2.45, 2.75) is 41.5 Å². The fourth-order valence-corrected chi connectivity index (χ4v) is 0. The van der Waals surface area contributed by atoms with Gasteiger partial charge in [-0.05, 0) is 26.7 Å². The van der Waals surface area contributed by atoms with E-state index in [2.05, 4.69) is 20.8 Å². The summed E-state index contributed by atoms with van der Waals surface area (Å²) in [4.78, 5) is 26.4. The summed E-state index contributed by atoms with van der Waals surface area (Å²) in [5, 5.41) is 0. The van der Waals surface area contributed by atoms with Gasteiger partial charge in [0, 0.05) is 226 Å². The molecule has 0 N–H and O–H groups in total. The third kappa shape index (κ3) is 290. The summed E-state index contributed by atoms with van der Waals surface area (Å²) >= 11 is 0.